The number of nitrogens with zero attached hydrogens (tertiary/aromatic N) is 2. The van der Waals surface area contributed by atoms with Crippen LogP contribution in [0.2, 0.25) is 0 Å². The summed E-state index contributed by atoms with van der Waals surface area (Å²) in [6.45, 7) is 3.97. The molecule has 0 fully saturated rings. The number of fused-ring (bicyclic) bond motifs is 2. The summed E-state index contributed by atoms with van der Waals surface area (Å²) in [6, 6.07) is 53.0. The molecule has 7 rings (SSSR count). The summed E-state index contributed by atoms with van der Waals surface area (Å²) in [5.41, 5.74) is 5.57. The molecule has 0 aromatic heterocycles. The van der Waals surface area contributed by atoms with Crippen molar-refractivity contribution >= 4 is 50.6 Å². The second-order valence-electron chi connectivity index (χ2n) is 13.3. The predicted octanol–water partition coefficient (Wildman–Crippen LogP) is 11.7. The highest BCUT2D eigenvalue weighted by molar-refractivity contribution is 6.30. The van der Waals surface area contributed by atoms with Gasteiger partial charge in [-0.1, -0.05) is 176 Å². The quantitative estimate of drug-likeness (QED) is 0.0679. The van der Waals surface area contributed by atoms with Crippen LogP contribution in [0, 0.1) is 21.6 Å². The average Bonchev–Trinajstić information content (AvgIpc) is 3.24. The fourth-order valence-electron chi connectivity index (χ4n) is 6.91. The second kappa shape index (κ2) is 16.2. The maximum absolute atomic E-state index is 9.39. The Morgan fingerprint density at radius 1 is 0.473 bits per heavy atom. The number of rotatable bonds is 9. The molecule has 0 spiro atoms. The fraction of sp³-hybridized carbons (Fsp3) is 0.0612. The van der Waals surface area contributed by atoms with Crippen molar-refractivity contribution < 1.29 is 0 Å². The lowest BCUT2D eigenvalue weighted by molar-refractivity contribution is 0.539. The molecule has 0 radical (unpaired) electrons. The summed E-state index contributed by atoms with van der Waals surface area (Å²) in [4.78, 5) is 3.46. The Bertz CT molecular complexity index is 2570. The van der Waals surface area contributed by atoms with Crippen LogP contribution < -0.4 is 4.90 Å². The van der Waals surface area contributed by atoms with Crippen molar-refractivity contribution in [3.8, 4) is 11.1 Å². The van der Waals surface area contributed by atoms with Crippen molar-refractivity contribution in [2.24, 2.45) is 0 Å². The van der Waals surface area contributed by atoms with Crippen molar-refractivity contribution in [1.29, 1.82) is 21.6 Å². The molecule has 0 bridgehead atoms. The molecule has 1 atom stereocenters. The van der Waals surface area contributed by atoms with E-state index < -0.39 is 0 Å². The maximum atomic E-state index is 9.39. The normalized spacial score (nSPS) is 11.9. The van der Waals surface area contributed by atoms with Crippen molar-refractivity contribution in [2.45, 2.75) is 19.9 Å². The molecule has 4 N–H and O–H groups in total. The van der Waals surface area contributed by atoms with E-state index in [1.54, 1.807) is 9.80 Å². The third-order valence-electron chi connectivity index (χ3n) is 9.78. The maximum Gasteiger partial charge on any atom is 0.139 e. The van der Waals surface area contributed by atoms with Crippen LogP contribution in [0.1, 0.15) is 36.1 Å². The third kappa shape index (κ3) is 7.52. The first-order chi connectivity index (χ1) is 26.9. The van der Waals surface area contributed by atoms with Crippen LogP contribution >= 0.6 is 0 Å². The first-order valence-electron chi connectivity index (χ1n) is 18.3. The molecule has 55 heavy (non-hydrogen) atoms. The van der Waals surface area contributed by atoms with Crippen molar-refractivity contribution in [3.05, 3.63) is 210 Å². The van der Waals surface area contributed by atoms with E-state index in [-0.39, 0.29) is 29.4 Å². The van der Waals surface area contributed by atoms with Gasteiger partial charge in [0.25, 0.3) is 0 Å². The van der Waals surface area contributed by atoms with Gasteiger partial charge >= 0.3 is 0 Å². The molecule has 7 aromatic carbocycles. The van der Waals surface area contributed by atoms with Gasteiger partial charge in [0.2, 0.25) is 0 Å². The number of anilines is 1. The molecule has 0 saturated carbocycles. The molecule has 0 heterocycles. The number of hydrogen-bond acceptors (Lipinski definition) is 4. The number of amidine groups is 4. The van der Waals surface area contributed by atoms with Crippen molar-refractivity contribution in [3.63, 3.8) is 0 Å². The molecule has 7 aromatic rings. The Kier molecular flexibility index (Phi) is 10.7. The predicted molar refractivity (Wildman–Crippen MR) is 231 cm³/mol. The Morgan fingerprint density at radius 2 is 0.945 bits per heavy atom. The zero-order chi connectivity index (χ0) is 38.3. The number of allylic oxidation sites excluding steroid dienone is 3. The highest BCUT2D eigenvalue weighted by Gasteiger charge is 2.25. The highest BCUT2D eigenvalue weighted by atomic mass is 15.2. The van der Waals surface area contributed by atoms with Gasteiger partial charge in [-0.05, 0) is 58.7 Å². The number of benzene rings is 7. The largest absolute Gasteiger partial charge is 0.304 e. The van der Waals surface area contributed by atoms with Gasteiger partial charge in [0, 0.05) is 27.9 Å². The number of hydrogen-bond donors (Lipinski definition) is 4. The van der Waals surface area contributed by atoms with Crippen molar-refractivity contribution in [2.75, 3.05) is 4.90 Å². The van der Waals surface area contributed by atoms with E-state index in [4.69, 9.17) is 0 Å². The minimum Gasteiger partial charge on any atom is -0.304 e. The van der Waals surface area contributed by atoms with Crippen LogP contribution in [0.3, 0.4) is 0 Å². The molecule has 6 heteroatoms. The lowest BCUT2D eigenvalue weighted by Gasteiger charge is -2.31. The minimum atomic E-state index is -0.254. The van der Waals surface area contributed by atoms with Crippen molar-refractivity contribution in [1.82, 2.24) is 4.90 Å². The standard InChI is InChI=1S/C49H42N6/c1-3-4-6-15-34(2)54(48(52)44-24-13-18-37-16-9-11-22-42(37)44)46(50)39-30-26-35(27-31-39)36-28-32-40(33-29-36)47(51)55(41-20-7-5-8-21-41)49(53)45-25-14-19-38-17-10-12-23-43(38)45/h3-34,50-53H,1-2H3/b4-3-,15-6-,50-46?,51-47?,52-48?,53-49?. The van der Waals surface area contributed by atoms with E-state index in [0.717, 1.165) is 49.5 Å². The molecule has 0 aliphatic heterocycles. The van der Waals surface area contributed by atoms with Crippen LogP contribution in [0.4, 0.5) is 5.69 Å². The number of nitrogens with one attached hydrogen (secondary N) is 4. The topological polar surface area (TPSA) is 102 Å². The lowest BCUT2D eigenvalue weighted by atomic mass is 9.99. The molecule has 268 valence electrons. The molecular weight excluding hydrogens is 673 g/mol. The summed E-state index contributed by atoms with van der Waals surface area (Å²) in [5, 5.41) is 41.5. The van der Waals surface area contributed by atoms with E-state index in [1.807, 2.05) is 202 Å². The average molecular weight is 715 g/mol. The van der Waals surface area contributed by atoms with Crippen LogP contribution in [-0.2, 0) is 0 Å². The van der Waals surface area contributed by atoms with Crippen LogP contribution in [0.15, 0.2) is 188 Å². The van der Waals surface area contributed by atoms with E-state index in [1.165, 1.54) is 0 Å². The van der Waals surface area contributed by atoms with E-state index in [2.05, 4.69) is 0 Å². The zero-order valence-corrected chi connectivity index (χ0v) is 30.9. The first-order valence-corrected chi connectivity index (χ1v) is 18.3. The van der Waals surface area contributed by atoms with Crippen LogP contribution in [0.5, 0.6) is 0 Å². The SMILES string of the molecule is C/C=C\C=C/C(C)N(C(=N)c1ccc(-c2ccc(C(=N)N(C(=N)c3cccc4ccccc34)c3ccccc3)cc2)cc1)C(=N)c1cccc2ccccc12. The minimum absolute atomic E-state index is 0.200. The molecule has 0 aliphatic carbocycles. The van der Waals surface area contributed by atoms with Gasteiger partial charge in [0.15, 0.2) is 0 Å². The van der Waals surface area contributed by atoms with Gasteiger partial charge in [-0.2, -0.15) is 0 Å². The van der Waals surface area contributed by atoms with Crippen LogP contribution in [-0.4, -0.2) is 34.3 Å². The zero-order valence-electron chi connectivity index (χ0n) is 30.9. The number of para-hydroxylation sites is 1. The van der Waals surface area contributed by atoms with Gasteiger partial charge in [-0.15, -0.1) is 0 Å². The summed E-state index contributed by atoms with van der Waals surface area (Å²) in [5.74, 6) is 0.926. The van der Waals surface area contributed by atoms with Gasteiger partial charge < -0.3 is 4.90 Å². The van der Waals surface area contributed by atoms with Crippen LogP contribution in [0.25, 0.3) is 32.7 Å². The smallest absolute Gasteiger partial charge is 0.139 e. The molecule has 0 saturated heterocycles. The van der Waals surface area contributed by atoms with Gasteiger partial charge in [-0.25, -0.2) is 0 Å². The molecule has 0 amide bonds. The third-order valence-corrected chi connectivity index (χ3v) is 9.78. The second-order valence-corrected chi connectivity index (χ2v) is 13.3. The monoisotopic (exact) mass is 714 g/mol. The Labute approximate surface area is 322 Å². The van der Waals surface area contributed by atoms with Gasteiger partial charge in [-0.3, -0.25) is 26.5 Å². The first kappa shape index (κ1) is 36.2. The molecule has 1 unspecified atom stereocenters. The Morgan fingerprint density at radius 3 is 1.49 bits per heavy atom. The van der Waals surface area contributed by atoms with E-state index >= 15 is 0 Å². The fourth-order valence-corrected chi connectivity index (χ4v) is 6.91. The summed E-state index contributed by atoms with van der Waals surface area (Å²) >= 11 is 0. The lowest BCUT2D eigenvalue weighted by Crippen LogP contribution is -2.42. The highest BCUT2D eigenvalue weighted by Crippen LogP contribution is 2.28. The van der Waals surface area contributed by atoms with Gasteiger partial charge in [0.05, 0.1) is 6.04 Å². The summed E-state index contributed by atoms with van der Waals surface area (Å²) < 4.78 is 0. The summed E-state index contributed by atoms with van der Waals surface area (Å²) in [6.07, 6.45) is 7.87. The molecule has 0 aliphatic rings. The van der Waals surface area contributed by atoms with E-state index in [0.29, 0.717) is 11.1 Å². The Hall–Kier alpha value is -7.18. The summed E-state index contributed by atoms with van der Waals surface area (Å²) in [7, 11) is 0. The molecule has 6 nitrogen and oxygen atoms in total. The molecular formula is C49H42N6. The van der Waals surface area contributed by atoms with Gasteiger partial charge in [0.1, 0.15) is 23.3 Å². The Balaban J connectivity index is 1.15. The van der Waals surface area contributed by atoms with E-state index in [9.17, 15) is 21.6 Å².